The van der Waals surface area contributed by atoms with Crippen LogP contribution in [0.1, 0.15) is 23.6 Å². The molecule has 0 aliphatic heterocycles. The number of rotatable bonds is 7. The second kappa shape index (κ2) is 10.0. The van der Waals surface area contributed by atoms with Gasteiger partial charge in [-0.25, -0.2) is 4.98 Å². The highest BCUT2D eigenvalue weighted by Crippen LogP contribution is 2.44. The number of benzene rings is 3. The first-order valence-corrected chi connectivity index (χ1v) is 13.5. The molecule has 0 spiro atoms. The lowest BCUT2D eigenvalue weighted by Gasteiger charge is -2.29. The Bertz CT molecular complexity index is 1360. The number of hydrogen-bond donors (Lipinski definition) is 1. The van der Waals surface area contributed by atoms with Gasteiger partial charge >= 0.3 is 5.97 Å². The topological polar surface area (TPSA) is 68.3 Å². The van der Waals surface area contributed by atoms with E-state index >= 15 is 0 Å². The smallest absolute Gasteiger partial charge is 0.317 e. The lowest BCUT2D eigenvalue weighted by atomic mass is 9.76. The fraction of sp³-hybridized carbons (Fsp3) is 0.222. The first kappa shape index (κ1) is 23.9. The lowest BCUT2D eigenvalue weighted by molar-refractivity contribution is -0.149. The summed E-state index contributed by atoms with van der Waals surface area (Å²) in [5, 5.41) is 3.49. The summed E-state index contributed by atoms with van der Waals surface area (Å²) >= 11 is 9.27. The van der Waals surface area contributed by atoms with Crippen LogP contribution in [0.3, 0.4) is 0 Å². The van der Waals surface area contributed by atoms with Crippen molar-refractivity contribution in [1.29, 1.82) is 0 Å². The molecule has 5 nitrogen and oxygen atoms in total. The first-order chi connectivity index (χ1) is 17.0. The molecular weight excluding hydrogens is 500 g/mol. The molecule has 0 saturated heterocycles. The quantitative estimate of drug-likeness (QED) is 0.228. The molecule has 0 fully saturated rings. The Morgan fingerprint density at radius 1 is 1.09 bits per heavy atom. The van der Waals surface area contributed by atoms with E-state index in [4.69, 9.17) is 16.3 Å². The Hall–Kier alpha value is -2.87. The van der Waals surface area contributed by atoms with Crippen LogP contribution in [0.4, 0.5) is 5.69 Å². The SMILES string of the molecule is CCOC(=O)C1(c2ccc(Cl)cc2NC(=O)CSc2nc3ccccc3s2)Cc2ccccc2C1. The fourth-order valence-electron chi connectivity index (χ4n) is 4.59. The molecular formula is C27H23ClN2O3S2. The van der Waals surface area contributed by atoms with Crippen LogP contribution in [0.15, 0.2) is 71.1 Å². The molecule has 1 heterocycles. The molecule has 0 atom stereocenters. The molecule has 8 heteroatoms. The van der Waals surface area contributed by atoms with Gasteiger partial charge in [-0.2, -0.15) is 0 Å². The number of fused-ring (bicyclic) bond motifs is 2. The van der Waals surface area contributed by atoms with Crippen molar-refractivity contribution in [1.82, 2.24) is 4.98 Å². The number of carbonyl (C=O) groups is 2. The minimum Gasteiger partial charge on any atom is -0.465 e. The van der Waals surface area contributed by atoms with E-state index in [1.807, 2.05) is 54.6 Å². The average molecular weight is 523 g/mol. The van der Waals surface area contributed by atoms with Gasteiger partial charge in [0.15, 0.2) is 4.34 Å². The number of para-hydroxylation sites is 1. The minimum absolute atomic E-state index is 0.188. The van der Waals surface area contributed by atoms with Crippen LogP contribution in [-0.4, -0.2) is 29.2 Å². The second-order valence-electron chi connectivity index (χ2n) is 8.40. The Labute approximate surface area is 216 Å². The maximum absolute atomic E-state index is 13.4. The van der Waals surface area contributed by atoms with E-state index < -0.39 is 5.41 Å². The average Bonchev–Trinajstić information content (AvgIpc) is 3.45. The molecule has 5 rings (SSSR count). The standard InChI is InChI=1S/C27H23ClN2O3S2/c1-2-33-25(32)27(14-17-7-3-4-8-18(17)15-27)20-12-11-19(28)13-22(20)29-24(31)16-34-26-30-21-9-5-6-10-23(21)35-26/h3-13H,2,14-16H2,1H3,(H,29,31). The normalized spacial score (nSPS) is 14.0. The van der Waals surface area contributed by atoms with Crippen molar-refractivity contribution in [2.75, 3.05) is 17.7 Å². The van der Waals surface area contributed by atoms with Crippen LogP contribution in [0, 0.1) is 0 Å². The zero-order valence-corrected chi connectivity index (χ0v) is 21.4. The predicted molar refractivity (Wildman–Crippen MR) is 143 cm³/mol. The summed E-state index contributed by atoms with van der Waals surface area (Å²) in [5.41, 5.74) is 3.48. The van der Waals surface area contributed by atoms with Crippen molar-refractivity contribution in [3.63, 3.8) is 0 Å². The van der Waals surface area contributed by atoms with Crippen LogP contribution in [0.5, 0.6) is 0 Å². The van der Waals surface area contributed by atoms with Crippen molar-refractivity contribution >= 4 is 62.5 Å². The van der Waals surface area contributed by atoms with Crippen LogP contribution >= 0.6 is 34.7 Å². The fourth-order valence-corrected chi connectivity index (χ4v) is 6.63. The number of carbonyl (C=O) groups excluding carboxylic acids is 2. The minimum atomic E-state index is -0.924. The molecule has 0 radical (unpaired) electrons. The molecule has 1 aliphatic carbocycles. The summed E-state index contributed by atoms with van der Waals surface area (Å²) in [7, 11) is 0. The van der Waals surface area contributed by atoms with Gasteiger partial charge in [0, 0.05) is 10.7 Å². The van der Waals surface area contributed by atoms with E-state index in [0.717, 1.165) is 31.2 Å². The Kier molecular flexibility index (Phi) is 6.82. The Balaban J connectivity index is 1.41. The number of thiazole rings is 1. The van der Waals surface area contributed by atoms with E-state index in [1.165, 1.54) is 11.8 Å². The summed E-state index contributed by atoms with van der Waals surface area (Å²) in [5.74, 6) is -0.288. The number of ether oxygens (including phenoxy) is 1. The van der Waals surface area contributed by atoms with Gasteiger partial charge in [0.1, 0.15) is 5.41 Å². The zero-order valence-electron chi connectivity index (χ0n) is 19.0. The number of halogens is 1. The monoisotopic (exact) mass is 522 g/mol. The van der Waals surface area contributed by atoms with Gasteiger partial charge in [-0.3, -0.25) is 9.59 Å². The van der Waals surface area contributed by atoms with Crippen molar-refractivity contribution in [2.24, 2.45) is 0 Å². The summed E-state index contributed by atoms with van der Waals surface area (Å²) in [6.45, 7) is 2.09. The molecule has 1 aromatic heterocycles. The van der Waals surface area contributed by atoms with Crippen molar-refractivity contribution in [3.8, 4) is 0 Å². The number of hydrogen-bond acceptors (Lipinski definition) is 6. The van der Waals surface area contributed by atoms with E-state index in [-0.39, 0.29) is 24.2 Å². The third-order valence-electron chi connectivity index (χ3n) is 6.14. The van der Waals surface area contributed by atoms with Gasteiger partial charge in [-0.1, -0.05) is 65.8 Å². The molecule has 0 unspecified atom stereocenters. The number of anilines is 1. The van der Waals surface area contributed by atoms with Crippen LogP contribution < -0.4 is 5.32 Å². The molecule has 1 amide bonds. The summed E-state index contributed by atoms with van der Waals surface area (Å²) in [6, 6.07) is 21.2. The highest BCUT2D eigenvalue weighted by molar-refractivity contribution is 8.01. The highest BCUT2D eigenvalue weighted by atomic mass is 35.5. The van der Waals surface area contributed by atoms with Gasteiger partial charge in [0.25, 0.3) is 0 Å². The second-order valence-corrected chi connectivity index (χ2v) is 11.1. The maximum Gasteiger partial charge on any atom is 0.317 e. The van der Waals surface area contributed by atoms with Gasteiger partial charge in [-0.15, -0.1) is 11.3 Å². The molecule has 35 heavy (non-hydrogen) atoms. The number of nitrogens with zero attached hydrogens (tertiary/aromatic N) is 1. The van der Waals surface area contributed by atoms with Crippen molar-refractivity contribution < 1.29 is 14.3 Å². The summed E-state index contributed by atoms with van der Waals surface area (Å²) in [6.07, 6.45) is 1.01. The van der Waals surface area contributed by atoms with Crippen molar-refractivity contribution in [2.45, 2.75) is 29.5 Å². The molecule has 4 aromatic rings. The summed E-state index contributed by atoms with van der Waals surface area (Å²) < 4.78 is 7.47. The number of esters is 1. The molecule has 3 aromatic carbocycles. The maximum atomic E-state index is 13.4. The number of amides is 1. The van der Waals surface area contributed by atoms with E-state index in [2.05, 4.69) is 10.3 Å². The number of aromatic nitrogens is 1. The van der Waals surface area contributed by atoms with Gasteiger partial charge < -0.3 is 10.1 Å². The van der Waals surface area contributed by atoms with E-state index in [0.29, 0.717) is 23.6 Å². The van der Waals surface area contributed by atoms with Gasteiger partial charge in [-0.05, 0) is 60.7 Å². The third kappa shape index (κ3) is 4.81. The van der Waals surface area contributed by atoms with Crippen molar-refractivity contribution in [3.05, 3.63) is 88.4 Å². The largest absolute Gasteiger partial charge is 0.465 e. The number of nitrogens with one attached hydrogen (secondary N) is 1. The Morgan fingerprint density at radius 3 is 2.51 bits per heavy atom. The molecule has 1 N–H and O–H groups in total. The van der Waals surface area contributed by atoms with E-state index in [9.17, 15) is 9.59 Å². The van der Waals surface area contributed by atoms with Crippen LogP contribution in [0.2, 0.25) is 5.02 Å². The lowest BCUT2D eigenvalue weighted by Crippen LogP contribution is -2.39. The third-order valence-corrected chi connectivity index (χ3v) is 8.56. The molecule has 1 aliphatic rings. The zero-order chi connectivity index (χ0) is 24.4. The highest BCUT2D eigenvalue weighted by Gasteiger charge is 2.48. The summed E-state index contributed by atoms with van der Waals surface area (Å²) in [4.78, 5) is 30.9. The molecule has 0 saturated carbocycles. The van der Waals surface area contributed by atoms with Crippen LogP contribution in [0.25, 0.3) is 10.2 Å². The van der Waals surface area contributed by atoms with Gasteiger partial charge in [0.2, 0.25) is 5.91 Å². The Morgan fingerprint density at radius 2 is 1.80 bits per heavy atom. The predicted octanol–water partition coefficient (Wildman–Crippen LogP) is 6.28. The first-order valence-electron chi connectivity index (χ1n) is 11.3. The number of thioether (sulfide) groups is 1. The van der Waals surface area contributed by atoms with Gasteiger partial charge in [0.05, 0.1) is 22.6 Å². The molecule has 0 bridgehead atoms. The molecule has 178 valence electrons. The van der Waals surface area contributed by atoms with E-state index in [1.54, 1.807) is 30.4 Å². The van der Waals surface area contributed by atoms with Crippen LogP contribution in [-0.2, 0) is 32.6 Å².